The van der Waals surface area contributed by atoms with Crippen molar-refractivity contribution in [2.24, 2.45) is 5.92 Å². The number of benzene rings is 2. The van der Waals surface area contributed by atoms with Crippen LogP contribution in [0, 0.1) is 19.8 Å². The van der Waals surface area contributed by atoms with Crippen molar-refractivity contribution in [1.29, 1.82) is 0 Å². The van der Waals surface area contributed by atoms with Crippen LogP contribution < -0.4 is 20.1 Å². The van der Waals surface area contributed by atoms with Gasteiger partial charge in [-0.15, -0.1) is 0 Å². The summed E-state index contributed by atoms with van der Waals surface area (Å²) in [6.07, 6.45) is 3.22. The molecule has 0 atom stereocenters. The smallest absolute Gasteiger partial charge is 0.254 e. The van der Waals surface area contributed by atoms with Crippen LogP contribution in [0.15, 0.2) is 30.3 Å². The molecule has 2 aliphatic rings. The van der Waals surface area contributed by atoms with E-state index in [4.69, 9.17) is 9.47 Å². The average Bonchev–Trinajstić information content (AvgIpc) is 3.17. The predicted octanol–water partition coefficient (Wildman–Crippen LogP) is 4.06. The minimum atomic E-state index is -0.0439. The largest absolute Gasteiger partial charge is 0.496 e. The molecule has 0 aromatic heterocycles. The number of carbonyl (C=O) groups is 2. The van der Waals surface area contributed by atoms with Crippen LogP contribution in [0.3, 0.4) is 0 Å². The molecule has 34 heavy (non-hydrogen) atoms. The van der Waals surface area contributed by atoms with Crippen molar-refractivity contribution in [2.75, 3.05) is 32.6 Å². The van der Waals surface area contributed by atoms with Crippen molar-refractivity contribution in [2.45, 2.75) is 52.1 Å². The van der Waals surface area contributed by atoms with Crippen molar-refractivity contribution in [3.8, 4) is 11.5 Å². The van der Waals surface area contributed by atoms with Crippen LogP contribution in [-0.4, -0.2) is 50.1 Å². The number of hydrogen-bond acceptors (Lipinski definition) is 5. The molecule has 182 valence electrons. The van der Waals surface area contributed by atoms with Crippen molar-refractivity contribution in [3.05, 3.63) is 52.6 Å². The van der Waals surface area contributed by atoms with Crippen LogP contribution >= 0.6 is 0 Å². The fourth-order valence-electron chi connectivity index (χ4n) is 5.02. The number of likely N-dealkylation sites (N-methyl/N-ethyl adjacent to an activating group) is 1. The fraction of sp³-hybridized carbons (Fsp3) is 0.481. The first-order valence-electron chi connectivity index (χ1n) is 12.1. The zero-order valence-electron chi connectivity index (χ0n) is 20.6. The Balaban J connectivity index is 1.35. The molecular formula is C27H35N3O4. The molecule has 0 unspecified atom stereocenters. The number of methoxy groups -OCH3 is 1. The van der Waals surface area contributed by atoms with Crippen molar-refractivity contribution < 1.29 is 19.1 Å². The minimum absolute atomic E-state index is 0.0413. The predicted molar refractivity (Wildman–Crippen MR) is 133 cm³/mol. The third kappa shape index (κ3) is 5.04. The maximum Gasteiger partial charge on any atom is 0.254 e. The normalized spacial score (nSPS) is 19.6. The Morgan fingerprint density at radius 3 is 2.56 bits per heavy atom. The van der Waals surface area contributed by atoms with E-state index in [0.717, 1.165) is 71.7 Å². The van der Waals surface area contributed by atoms with E-state index < -0.39 is 0 Å². The summed E-state index contributed by atoms with van der Waals surface area (Å²) in [6, 6.07) is 9.78. The van der Waals surface area contributed by atoms with E-state index in [9.17, 15) is 9.59 Å². The molecule has 2 N–H and O–H groups in total. The number of fused-ring (bicyclic) bond motifs is 1. The third-order valence-electron chi connectivity index (χ3n) is 7.07. The third-order valence-corrected chi connectivity index (χ3v) is 7.07. The highest BCUT2D eigenvalue weighted by molar-refractivity contribution is 5.99. The number of ether oxygens (including phenoxy) is 2. The van der Waals surface area contributed by atoms with E-state index in [0.29, 0.717) is 13.2 Å². The second kappa shape index (κ2) is 10.5. The van der Waals surface area contributed by atoms with Gasteiger partial charge in [0.25, 0.3) is 5.91 Å². The second-order valence-electron chi connectivity index (χ2n) is 9.33. The molecule has 4 rings (SSSR count). The van der Waals surface area contributed by atoms with Crippen molar-refractivity contribution in [1.82, 2.24) is 10.2 Å². The van der Waals surface area contributed by atoms with E-state index in [-0.39, 0.29) is 23.8 Å². The first kappa shape index (κ1) is 24.1. The number of nitrogens with zero attached hydrogens (tertiary/aromatic N) is 1. The van der Waals surface area contributed by atoms with Gasteiger partial charge in [-0.25, -0.2) is 0 Å². The lowest BCUT2D eigenvalue weighted by molar-refractivity contribution is -0.121. The van der Waals surface area contributed by atoms with Crippen molar-refractivity contribution >= 4 is 17.5 Å². The van der Waals surface area contributed by atoms with Gasteiger partial charge in [0.05, 0.1) is 7.11 Å². The minimum Gasteiger partial charge on any atom is -0.496 e. The Bertz CT molecular complexity index is 1060. The Morgan fingerprint density at radius 2 is 1.85 bits per heavy atom. The molecule has 2 aromatic carbocycles. The summed E-state index contributed by atoms with van der Waals surface area (Å²) in [5.41, 5.74) is 4.73. The number of amides is 2. The van der Waals surface area contributed by atoms with Crippen LogP contribution in [0.1, 0.15) is 52.7 Å². The molecular weight excluding hydrogens is 430 g/mol. The number of anilines is 1. The fourth-order valence-corrected chi connectivity index (χ4v) is 5.02. The summed E-state index contributed by atoms with van der Waals surface area (Å²) in [5, 5.41) is 6.10. The van der Waals surface area contributed by atoms with E-state index in [1.807, 2.05) is 56.1 Å². The second-order valence-corrected chi connectivity index (χ2v) is 9.33. The van der Waals surface area contributed by atoms with Crippen LogP contribution in [0.25, 0.3) is 0 Å². The summed E-state index contributed by atoms with van der Waals surface area (Å²) in [5.74, 6) is 1.59. The molecule has 1 fully saturated rings. The molecule has 0 bridgehead atoms. The first-order chi connectivity index (χ1) is 16.4. The van der Waals surface area contributed by atoms with Crippen LogP contribution in [0.5, 0.6) is 11.5 Å². The summed E-state index contributed by atoms with van der Waals surface area (Å²) < 4.78 is 11.2. The van der Waals surface area contributed by atoms with Crippen LogP contribution in [-0.2, 0) is 11.3 Å². The lowest BCUT2D eigenvalue weighted by atomic mass is 9.84. The average molecular weight is 466 g/mol. The van der Waals surface area contributed by atoms with E-state index in [2.05, 4.69) is 10.6 Å². The van der Waals surface area contributed by atoms with Gasteiger partial charge in [-0.2, -0.15) is 0 Å². The van der Waals surface area contributed by atoms with Gasteiger partial charge in [0.2, 0.25) is 5.91 Å². The number of aryl methyl sites for hydroxylation is 2. The molecule has 7 nitrogen and oxygen atoms in total. The molecule has 2 aromatic rings. The number of hydrogen-bond donors (Lipinski definition) is 2. The van der Waals surface area contributed by atoms with Gasteiger partial charge in [0.15, 0.2) is 0 Å². The molecule has 0 spiro atoms. The maximum atomic E-state index is 13.2. The van der Waals surface area contributed by atoms with Gasteiger partial charge in [0, 0.05) is 42.4 Å². The molecule has 2 amide bonds. The SMILES string of the molecule is CNCCOc1cc(C)c2c(c1)C(=O)N(C1CCC(C(=O)Nc3ccc(C)c(OC)c3)CC1)C2. The van der Waals surface area contributed by atoms with Crippen LogP contribution in [0.4, 0.5) is 5.69 Å². The molecule has 0 radical (unpaired) electrons. The maximum absolute atomic E-state index is 13.2. The Morgan fingerprint density at radius 1 is 1.09 bits per heavy atom. The highest BCUT2D eigenvalue weighted by Gasteiger charge is 2.37. The number of rotatable bonds is 8. The molecule has 1 aliphatic heterocycles. The first-order valence-corrected chi connectivity index (χ1v) is 12.1. The Kier molecular flexibility index (Phi) is 7.41. The summed E-state index contributed by atoms with van der Waals surface area (Å²) >= 11 is 0. The standard InChI is InChI=1S/C27H35N3O4/c1-17-5-8-20(14-25(17)33-4)29-26(31)19-6-9-21(10-7-19)30-16-24-18(2)13-22(34-12-11-28-3)15-23(24)27(30)32/h5,8,13-15,19,21,28H,6-7,9-12,16H2,1-4H3,(H,29,31). The monoisotopic (exact) mass is 465 g/mol. The van der Waals surface area contributed by atoms with E-state index >= 15 is 0 Å². The lowest BCUT2D eigenvalue weighted by Crippen LogP contribution is -2.40. The molecule has 1 saturated carbocycles. The van der Waals surface area contributed by atoms with E-state index in [1.54, 1.807) is 7.11 Å². The Hall–Kier alpha value is -3.06. The Labute approximate surface area is 201 Å². The van der Waals surface area contributed by atoms with Crippen LogP contribution in [0.2, 0.25) is 0 Å². The zero-order chi connectivity index (χ0) is 24.2. The lowest BCUT2D eigenvalue weighted by Gasteiger charge is -2.34. The number of nitrogens with one attached hydrogen (secondary N) is 2. The highest BCUT2D eigenvalue weighted by Crippen LogP contribution is 2.36. The van der Waals surface area contributed by atoms with Crippen molar-refractivity contribution in [3.63, 3.8) is 0 Å². The summed E-state index contributed by atoms with van der Waals surface area (Å²) in [4.78, 5) is 28.1. The summed E-state index contributed by atoms with van der Waals surface area (Å²) in [7, 11) is 3.52. The van der Waals surface area contributed by atoms with Gasteiger partial charge in [-0.3, -0.25) is 9.59 Å². The molecule has 7 heteroatoms. The highest BCUT2D eigenvalue weighted by atomic mass is 16.5. The van der Waals surface area contributed by atoms with E-state index in [1.165, 1.54) is 0 Å². The van der Waals surface area contributed by atoms with Gasteiger partial charge >= 0.3 is 0 Å². The molecule has 1 aliphatic carbocycles. The van der Waals surface area contributed by atoms with Gasteiger partial charge in [0.1, 0.15) is 18.1 Å². The number of carbonyl (C=O) groups excluding carboxylic acids is 2. The van der Waals surface area contributed by atoms with Gasteiger partial charge in [-0.1, -0.05) is 6.07 Å². The molecule has 0 saturated heterocycles. The quantitative estimate of drug-likeness (QED) is 0.575. The summed E-state index contributed by atoms with van der Waals surface area (Å²) in [6.45, 7) is 5.98. The zero-order valence-corrected chi connectivity index (χ0v) is 20.6. The topological polar surface area (TPSA) is 79.9 Å². The van der Waals surface area contributed by atoms with Gasteiger partial charge < -0.3 is 25.0 Å². The molecule has 1 heterocycles. The van der Waals surface area contributed by atoms with Gasteiger partial charge in [-0.05, 0) is 81.5 Å².